The lowest BCUT2D eigenvalue weighted by Crippen LogP contribution is -2.29. The van der Waals surface area contributed by atoms with Crippen LogP contribution in [0.4, 0.5) is 5.69 Å². The fourth-order valence-corrected chi connectivity index (χ4v) is 4.45. The van der Waals surface area contributed by atoms with E-state index in [0.717, 1.165) is 5.56 Å². The number of carboxylic acids is 1. The topological polar surface area (TPSA) is 166 Å². The van der Waals surface area contributed by atoms with Crippen molar-refractivity contribution in [3.8, 4) is 11.3 Å². The molecule has 3 heterocycles. The van der Waals surface area contributed by atoms with Crippen molar-refractivity contribution in [1.29, 1.82) is 0 Å². The summed E-state index contributed by atoms with van der Waals surface area (Å²) < 4.78 is 4.66. The van der Waals surface area contributed by atoms with Gasteiger partial charge in [-0.1, -0.05) is 68.2 Å². The van der Waals surface area contributed by atoms with Crippen molar-refractivity contribution >= 4 is 69.2 Å². The number of pyridine rings is 3. The molecule has 1 amide bonds. The highest BCUT2D eigenvalue weighted by molar-refractivity contribution is 6.42. The Bertz CT molecular complexity index is 2040. The van der Waals surface area contributed by atoms with Crippen molar-refractivity contribution in [2.24, 2.45) is 5.41 Å². The quantitative estimate of drug-likeness (QED) is 0.0957. The first-order valence-electron chi connectivity index (χ1n) is 15.1. The van der Waals surface area contributed by atoms with E-state index in [1.807, 2.05) is 6.07 Å². The van der Waals surface area contributed by atoms with E-state index < -0.39 is 23.1 Å². The molecule has 0 aliphatic rings. The SMILES string of the molecule is CC(=O)c1cccc(Cl)c1.CCOC(=O)C(=O)c1ccncc1NC(=O)C(C)(C)C.O=C(O)c1cc(-c2cccc(Cl)c2)nc2cnccc12. The molecule has 0 atom stereocenters. The number of Topliss-reactive ketones (excluding diaryl/α,β-unsaturated/α-hetero) is 2. The molecular weight excluding hydrogens is 683 g/mol. The number of nitrogens with zero attached hydrogens (tertiary/aromatic N) is 3. The van der Waals surface area contributed by atoms with Crippen LogP contribution < -0.4 is 5.32 Å². The first kappa shape index (κ1) is 38.9. The predicted molar refractivity (Wildman–Crippen MR) is 192 cm³/mol. The van der Waals surface area contributed by atoms with Crippen LogP contribution in [-0.2, 0) is 14.3 Å². The van der Waals surface area contributed by atoms with E-state index in [0.29, 0.717) is 32.2 Å². The van der Waals surface area contributed by atoms with E-state index >= 15 is 0 Å². The number of carbonyl (C=O) groups is 5. The molecule has 0 fully saturated rings. The Morgan fingerprint density at radius 2 is 1.48 bits per heavy atom. The average molecular weight is 718 g/mol. The average Bonchev–Trinajstić information content (AvgIpc) is 3.08. The number of ketones is 2. The molecule has 3 aromatic heterocycles. The van der Waals surface area contributed by atoms with Gasteiger partial charge in [-0.15, -0.1) is 0 Å². The van der Waals surface area contributed by atoms with E-state index in [1.165, 1.54) is 25.4 Å². The highest BCUT2D eigenvalue weighted by Crippen LogP contribution is 2.26. The maximum absolute atomic E-state index is 11.9. The van der Waals surface area contributed by atoms with Crippen LogP contribution in [0.3, 0.4) is 0 Å². The van der Waals surface area contributed by atoms with Gasteiger partial charge in [0, 0.05) is 44.4 Å². The third kappa shape index (κ3) is 11.0. The molecule has 13 heteroatoms. The van der Waals surface area contributed by atoms with Gasteiger partial charge in [-0.2, -0.15) is 0 Å². The van der Waals surface area contributed by atoms with Crippen molar-refractivity contribution in [3.63, 3.8) is 0 Å². The Morgan fingerprint density at radius 1 is 0.840 bits per heavy atom. The molecular formula is C37H34Cl2N4O7. The molecule has 11 nitrogen and oxygen atoms in total. The number of halogens is 2. The predicted octanol–water partition coefficient (Wildman–Crippen LogP) is 8.00. The van der Waals surface area contributed by atoms with Gasteiger partial charge in [0.2, 0.25) is 5.91 Å². The number of carboxylic acid groups (broad SMARTS) is 1. The summed E-state index contributed by atoms with van der Waals surface area (Å²) in [5, 5.41) is 13.7. The molecule has 0 saturated heterocycles. The molecule has 0 aliphatic heterocycles. The summed E-state index contributed by atoms with van der Waals surface area (Å²) in [5.41, 5.74) is 2.38. The number of nitrogens with one attached hydrogen (secondary N) is 1. The lowest BCUT2D eigenvalue weighted by Gasteiger charge is -2.18. The fourth-order valence-electron chi connectivity index (χ4n) is 4.07. The molecule has 0 saturated carbocycles. The van der Waals surface area contributed by atoms with Crippen LogP contribution in [0.1, 0.15) is 65.7 Å². The maximum atomic E-state index is 11.9. The van der Waals surface area contributed by atoms with E-state index in [2.05, 4.69) is 25.0 Å². The van der Waals surface area contributed by atoms with Crippen molar-refractivity contribution in [2.45, 2.75) is 34.6 Å². The third-order valence-electron chi connectivity index (χ3n) is 6.65. The summed E-state index contributed by atoms with van der Waals surface area (Å²) in [6, 6.07) is 18.6. The number of esters is 1. The van der Waals surface area contributed by atoms with Crippen LogP contribution in [0.5, 0.6) is 0 Å². The van der Waals surface area contributed by atoms with E-state index in [9.17, 15) is 29.1 Å². The van der Waals surface area contributed by atoms with E-state index in [1.54, 1.807) is 94.7 Å². The van der Waals surface area contributed by atoms with Crippen molar-refractivity contribution in [1.82, 2.24) is 15.0 Å². The maximum Gasteiger partial charge on any atom is 0.379 e. The summed E-state index contributed by atoms with van der Waals surface area (Å²) >= 11 is 11.6. The second-order valence-electron chi connectivity index (χ2n) is 11.5. The van der Waals surface area contributed by atoms with Gasteiger partial charge in [0.15, 0.2) is 5.78 Å². The molecule has 5 aromatic rings. The number of ether oxygens (including phenoxy) is 1. The summed E-state index contributed by atoms with van der Waals surface area (Å²) in [4.78, 5) is 69.8. The smallest absolute Gasteiger partial charge is 0.379 e. The van der Waals surface area contributed by atoms with Gasteiger partial charge in [0.25, 0.3) is 5.78 Å². The molecule has 0 unspecified atom stereocenters. The number of carbonyl (C=O) groups excluding carboxylic acids is 4. The van der Waals surface area contributed by atoms with Crippen LogP contribution in [0.15, 0.2) is 91.5 Å². The first-order chi connectivity index (χ1) is 23.6. The molecule has 0 bridgehead atoms. The zero-order valence-corrected chi connectivity index (χ0v) is 29.4. The fraction of sp³-hybridized carbons (Fsp3) is 0.189. The minimum atomic E-state index is -0.994. The number of benzene rings is 2. The zero-order chi connectivity index (χ0) is 37.0. The normalized spacial score (nSPS) is 10.5. The summed E-state index contributed by atoms with van der Waals surface area (Å²) in [7, 11) is 0. The summed E-state index contributed by atoms with van der Waals surface area (Å²) in [6.07, 6.45) is 5.81. The number of amides is 1. The largest absolute Gasteiger partial charge is 0.478 e. The van der Waals surface area contributed by atoms with Crippen LogP contribution in [-0.4, -0.2) is 56.1 Å². The summed E-state index contributed by atoms with van der Waals surface area (Å²) in [5.74, 6) is -2.98. The highest BCUT2D eigenvalue weighted by Gasteiger charge is 2.25. The Hall–Kier alpha value is -5.52. The molecule has 0 spiro atoms. The van der Waals surface area contributed by atoms with Gasteiger partial charge < -0.3 is 15.2 Å². The van der Waals surface area contributed by atoms with Gasteiger partial charge in [-0.05, 0) is 56.3 Å². The number of aromatic nitrogens is 3. The second kappa shape index (κ2) is 17.8. The number of hydrogen-bond donors (Lipinski definition) is 2. The monoisotopic (exact) mass is 716 g/mol. The minimum Gasteiger partial charge on any atom is -0.478 e. The first-order valence-corrected chi connectivity index (χ1v) is 15.8. The molecule has 0 aliphatic carbocycles. The number of aromatic carboxylic acids is 1. The van der Waals surface area contributed by atoms with E-state index in [4.69, 9.17) is 23.2 Å². The second-order valence-corrected chi connectivity index (χ2v) is 12.4. The lowest BCUT2D eigenvalue weighted by molar-refractivity contribution is -0.137. The Balaban J connectivity index is 0.000000214. The number of fused-ring (bicyclic) bond motifs is 1. The van der Waals surface area contributed by atoms with Crippen LogP contribution in [0, 0.1) is 5.41 Å². The van der Waals surface area contributed by atoms with Crippen molar-refractivity contribution in [3.05, 3.63) is 118 Å². The number of anilines is 1. The Morgan fingerprint density at radius 3 is 2.06 bits per heavy atom. The van der Waals surface area contributed by atoms with Gasteiger partial charge in [-0.25, -0.2) is 14.6 Å². The lowest BCUT2D eigenvalue weighted by atomic mass is 9.95. The molecule has 5 rings (SSSR count). The van der Waals surface area contributed by atoms with Gasteiger partial charge in [0.05, 0.1) is 47.0 Å². The number of rotatable bonds is 7. The minimum absolute atomic E-state index is 0.0440. The molecule has 258 valence electrons. The molecule has 50 heavy (non-hydrogen) atoms. The van der Waals surface area contributed by atoms with E-state index in [-0.39, 0.29) is 35.1 Å². The van der Waals surface area contributed by atoms with Crippen LogP contribution >= 0.6 is 23.2 Å². The standard InChI is InChI=1S/C15H9ClN2O2.C14H18N2O4.C8H7ClO/c16-10-3-1-2-9(6-10)13-7-12(15(19)20)11-4-5-17-8-14(11)18-13;1-5-20-12(18)11(17)9-6-7-15-8-10(9)16-13(19)14(2,3)4;1-6(10)7-3-2-4-8(9)5-7/h1-8H,(H,19,20);6-8H,5H2,1-4H3,(H,16,19);2-5H,1H3. The van der Waals surface area contributed by atoms with Gasteiger partial charge in [0.1, 0.15) is 0 Å². The Kier molecular flexibility index (Phi) is 13.8. The van der Waals surface area contributed by atoms with Gasteiger partial charge in [-0.3, -0.25) is 24.4 Å². The van der Waals surface area contributed by atoms with Crippen molar-refractivity contribution in [2.75, 3.05) is 11.9 Å². The van der Waals surface area contributed by atoms with Crippen molar-refractivity contribution < 1.29 is 33.8 Å². The zero-order valence-electron chi connectivity index (χ0n) is 27.9. The highest BCUT2D eigenvalue weighted by atomic mass is 35.5. The molecule has 2 N–H and O–H groups in total. The van der Waals surface area contributed by atoms with Crippen LogP contribution in [0.2, 0.25) is 10.0 Å². The molecule has 0 radical (unpaired) electrons. The summed E-state index contributed by atoms with van der Waals surface area (Å²) in [6.45, 7) is 8.47. The van der Waals surface area contributed by atoms with Gasteiger partial charge >= 0.3 is 11.9 Å². The molecule has 2 aromatic carbocycles. The van der Waals surface area contributed by atoms with Crippen LogP contribution in [0.25, 0.3) is 22.2 Å². The third-order valence-corrected chi connectivity index (χ3v) is 7.12. The Labute approximate surface area is 298 Å². The number of hydrogen-bond acceptors (Lipinski definition) is 9.